The predicted molar refractivity (Wildman–Crippen MR) is 80.8 cm³/mol. The van der Waals surface area contributed by atoms with Crippen LogP contribution in [0.3, 0.4) is 0 Å². The Morgan fingerprint density at radius 2 is 1.72 bits per heavy atom. The van der Waals surface area contributed by atoms with Gasteiger partial charge in [0, 0.05) is 44.0 Å². The highest BCUT2D eigenvalue weighted by molar-refractivity contribution is 7.97. The summed E-state index contributed by atoms with van der Waals surface area (Å²) >= 11 is 2.03. The zero-order valence-electron chi connectivity index (χ0n) is 11.9. The Morgan fingerprint density at radius 3 is 2.28 bits per heavy atom. The predicted octanol–water partition coefficient (Wildman–Crippen LogP) is 2.32. The number of hydrogen-bond acceptors (Lipinski definition) is 4. The molecule has 1 aliphatic carbocycles. The van der Waals surface area contributed by atoms with E-state index in [1.165, 1.54) is 70.5 Å². The van der Waals surface area contributed by atoms with Gasteiger partial charge in [0.25, 0.3) is 0 Å². The summed E-state index contributed by atoms with van der Waals surface area (Å²) in [5, 5.41) is 0. The Hall–Kier alpha value is 0.230. The number of nitrogens with zero attached hydrogens (tertiary/aromatic N) is 2. The third kappa shape index (κ3) is 3.41. The lowest BCUT2D eigenvalue weighted by Gasteiger charge is -2.49. The van der Waals surface area contributed by atoms with E-state index in [0.29, 0.717) is 5.54 Å². The second kappa shape index (κ2) is 7.13. The van der Waals surface area contributed by atoms with Crippen LogP contribution in [0.25, 0.3) is 0 Å². The zero-order chi connectivity index (χ0) is 12.8. The van der Waals surface area contributed by atoms with Crippen molar-refractivity contribution in [2.75, 3.05) is 38.5 Å². The van der Waals surface area contributed by atoms with Crippen LogP contribution in [-0.2, 0) is 0 Å². The summed E-state index contributed by atoms with van der Waals surface area (Å²) in [6, 6.07) is 0. The van der Waals surface area contributed by atoms with Crippen LogP contribution in [-0.4, -0.2) is 53.2 Å². The van der Waals surface area contributed by atoms with E-state index in [9.17, 15) is 0 Å². The summed E-state index contributed by atoms with van der Waals surface area (Å²) in [5.74, 6) is 1.27. The zero-order valence-corrected chi connectivity index (χ0v) is 12.7. The molecule has 1 heterocycles. The lowest BCUT2D eigenvalue weighted by atomic mass is 9.80. The second-order valence-corrected chi connectivity index (χ2v) is 6.92. The Balaban J connectivity index is 1.83. The van der Waals surface area contributed by atoms with Crippen molar-refractivity contribution >= 4 is 11.9 Å². The average molecular weight is 271 g/mol. The minimum Gasteiger partial charge on any atom is -0.329 e. The van der Waals surface area contributed by atoms with Crippen LogP contribution < -0.4 is 5.73 Å². The number of hydrogen-bond donors (Lipinski definition) is 1. The van der Waals surface area contributed by atoms with E-state index in [4.69, 9.17) is 5.73 Å². The molecule has 1 saturated carbocycles. The molecular weight excluding hydrogens is 242 g/mol. The summed E-state index contributed by atoms with van der Waals surface area (Å²) in [7, 11) is 0. The highest BCUT2D eigenvalue weighted by atomic mass is 32.2. The van der Waals surface area contributed by atoms with Gasteiger partial charge in [0.05, 0.1) is 0 Å². The minimum atomic E-state index is 0.347. The molecule has 0 amide bonds. The van der Waals surface area contributed by atoms with Gasteiger partial charge in [0.2, 0.25) is 0 Å². The van der Waals surface area contributed by atoms with Gasteiger partial charge in [-0.25, -0.2) is 4.31 Å². The first-order valence-corrected chi connectivity index (χ1v) is 8.58. The van der Waals surface area contributed by atoms with Gasteiger partial charge in [-0.3, -0.25) is 4.90 Å². The van der Waals surface area contributed by atoms with E-state index in [0.717, 1.165) is 6.54 Å². The fourth-order valence-corrected chi connectivity index (χ4v) is 4.23. The maximum atomic E-state index is 6.12. The number of piperazine rings is 1. The first-order valence-electron chi connectivity index (χ1n) is 7.64. The maximum absolute atomic E-state index is 6.12. The molecule has 2 N–H and O–H groups in total. The molecule has 2 fully saturated rings. The van der Waals surface area contributed by atoms with E-state index < -0.39 is 0 Å². The Bertz CT molecular complexity index is 233. The maximum Gasteiger partial charge on any atom is 0.0332 e. The second-order valence-electron chi connectivity index (χ2n) is 5.74. The van der Waals surface area contributed by atoms with Gasteiger partial charge in [0.1, 0.15) is 0 Å². The van der Waals surface area contributed by atoms with Gasteiger partial charge in [-0.1, -0.05) is 38.1 Å². The largest absolute Gasteiger partial charge is 0.329 e. The van der Waals surface area contributed by atoms with E-state index in [-0.39, 0.29) is 0 Å². The van der Waals surface area contributed by atoms with Gasteiger partial charge < -0.3 is 5.73 Å². The summed E-state index contributed by atoms with van der Waals surface area (Å²) in [5.41, 5.74) is 6.47. The van der Waals surface area contributed by atoms with E-state index in [1.54, 1.807) is 0 Å². The summed E-state index contributed by atoms with van der Waals surface area (Å²) < 4.78 is 2.55. The molecule has 2 rings (SSSR count). The van der Waals surface area contributed by atoms with E-state index in [1.807, 2.05) is 11.9 Å². The quantitative estimate of drug-likeness (QED) is 0.778. The van der Waals surface area contributed by atoms with Gasteiger partial charge in [-0.15, -0.1) is 0 Å². The monoisotopic (exact) mass is 271 g/mol. The van der Waals surface area contributed by atoms with Crippen molar-refractivity contribution in [1.82, 2.24) is 9.21 Å². The smallest absolute Gasteiger partial charge is 0.0332 e. The van der Waals surface area contributed by atoms with Crippen molar-refractivity contribution in [3.05, 3.63) is 0 Å². The van der Waals surface area contributed by atoms with Crippen molar-refractivity contribution in [2.24, 2.45) is 5.73 Å². The van der Waals surface area contributed by atoms with Crippen LogP contribution in [0.4, 0.5) is 0 Å². The first-order chi connectivity index (χ1) is 8.80. The third-order valence-electron chi connectivity index (χ3n) is 4.55. The molecule has 4 heteroatoms. The van der Waals surface area contributed by atoms with Crippen molar-refractivity contribution in [1.29, 1.82) is 0 Å². The van der Waals surface area contributed by atoms with Crippen LogP contribution in [0.1, 0.15) is 45.4 Å². The van der Waals surface area contributed by atoms with Crippen LogP contribution in [0.15, 0.2) is 0 Å². The van der Waals surface area contributed by atoms with Gasteiger partial charge in [-0.2, -0.15) is 0 Å². The lowest BCUT2D eigenvalue weighted by Crippen LogP contribution is -2.60. The van der Waals surface area contributed by atoms with Gasteiger partial charge in [0.15, 0.2) is 0 Å². The standard InChI is InChI=1S/C14H29N3S/c1-2-12-18-17-10-8-16(9-11-17)14(13-15)6-4-3-5-7-14/h2-13,15H2,1H3. The van der Waals surface area contributed by atoms with E-state index >= 15 is 0 Å². The van der Waals surface area contributed by atoms with Crippen molar-refractivity contribution in [3.63, 3.8) is 0 Å². The Labute approximate surface area is 117 Å². The molecule has 0 spiro atoms. The molecule has 18 heavy (non-hydrogen) atoms. The van der Waals surface area contributed by atoms with Crippen LogP contribution >= 0.6 is 11.9 Å². The fraction of sp³-hybridized carbons (Fsp3) is 1.00. The summed E-state index contributed by atoms with van der Waals surface area (Å²) in [6.07, 6.45) is 8.09. The van der Waals surface area contributed by atoms with Crippen molar-refractivity contribution in [3.8, 4) is 0 Å². The normalized spacial score (nSPS) is 26.3. The molecule has 106 valence electrons. The van der Waals surface area contributed by atoms with Crippen LogP contribution in [0.5, 0.6) is 0 Å². The van der Waals surface area contributed by atoms with Crippen molar-refractivity contribution in [2.45, 2.75) is 51.0 Å². The Morgan fingerprint density at radius 1 is 1.06 bits per heavy atom. The van der Waals surface area contributed by atoms with Gasteiger partial charge in [-0.05, 0) is 19.3 Å². The number of rotatable bonds is 5. The molecule has 2 aliphatic rings. The Kier molecular flexibility index (Phi) is 5.80. The lowest BCUT2D eigenvalue weighted by molar-refractivity contribution is 0.0324. The number of nitrogens with two attached hydrogens (primary N) is 1. The first kappa shape index (κ1) is 14.6. The molecule has 0 aromatic carbocycles. The molecule has 0 atom stereocenters. The topological polar surface area (TPSA) is 32.5 Å². The molecular formula is C14H29N3S. The molecule has 1 saturated heterocycles. The third-order valence-corrected chi connectivity index (χ3v) is 5.87. The van der Waals surface area contributed by atoms with Crippen molar-refractivity contribution < 1.29 is 0 Å². The van der Waals surface area contributed by atoms with Crippen LogP contribution in [0, 0.1) is 0 Å². The average Bonchev–Trinajstić information content (AvgIpc) is 2.46. The highest BCUT2D eigenvalue weighted by Crippen LogP contribution is 2.34. The molecule has 3 nitrogen and oxygen atoms in total. The molecule has 0 aromatic heterocycles. The molecule has 0 radical (unpaired) electrons. The fourth-order valence-electron chi connectivity index (χ4n) is 3.37. The van der Waals surface area contributed by atoms with E-state index in [2.05, 4.69) is 16.1 Å². The SMILES string of the molecule is CCCSN1CCN(C2(CN)CCCCC2)CC1. The highest BCUT2D eigenvalue weighted by Gasteiger charge is 2.37. The minimum absolute atomic E-state index is 0.347. The molecule has 0 aromatic rings. The molecule has 0 unspecified atom stereocenters. The molecule has 1 aliphatic heterocycles. The molecule has 0 bridgehead atoms. The van der Waals surface area contributed by atoms with Crippen LogP contribution in [0.2, 0.25) is 0 Å². The van der Waals surface area contributed by atoms with Gasteiger partial charge >= 0.3 is 0 Å². The summed E-state index contributed by atoms with van der Waals surface area (Å²) in [4.78, 5) is 2.70. The summed E-state index contributed by atoms with van der Waals surface area (Å²) in [6.45, 7) is 7.98.